The summed E-state index contributed by atoms with van der Waals surface area (Å²) in [7, 11) is 1.66. The largest absolute Gasteiger partial charge is 0.496 e. The summed E-state index contributed by atoms with van der Waals surface area (Å²) in [4.78, 5) is 0. The van der Waals surface area contributed by atoms with Gasteiger partial charge in [0.1, 0.15) is 11.6 Å². The Labute approximate surface area is 146 Å². The molecule has 0 aromatic heterocycles. The monoisotopic (exact) mass is 340 g/mol. The van der Waals surface area contributed by atoms with E-state index in [0.29, 0.717) is 5.02 Å². The van der Waals surface area contributed by atoms with Gasteiger partial charge in [0, 0.05) is 5.02 Å². The van der Waals surface area contributed by atoms with Crippen LogP contribution in [0, 0.1) is 19.7 Å². The second kappa shape index (κ2) is 6.66. The normalized spacial score (nSPS) is 10.7. The molecule has 0 aliphatic heterocycles. The van der Waals surface area contributed by atoms with Gasteiger partial charge >= 0.3 is 0 Å². The first-order chi connectivity index (χ1) is 11.5. The van der Waals surface area contributed by atoms with Gasteiger partial charge < -0.3 is 4.74 Å². The van der Waals surface area contributed by atoms with E-state index in [1.807, 2.05) is 44.2 Å². The average molecular weight is 341 g/mol. The number of hydrogen-bond acceptors (Lipinski definition) is 1. The van der Waals surface area contributed by atoms with Gasteiger partial charge in [-0.1, -0.05) is 35.9 Å². The van der Waals surface area contributed by atoms with Gasteiger partial charge in [-0.2, -0.15) is 0 Å². The Bertz CT molecular complexity index is 885. The Morgan fingerprint density at radius 2 is 1.46 bits per heavy atom. The molecule has 0 bridgehead atoms. The van der Waals surface area contributed by atoms with E-state index in [4.69, 9.17) is 16.3 Å². The summed E-state index contributed by atoms with van der Waals surface area (Å²) in [6.45, 7) is 4.03. The Morgan fingerprint density at radius 3 is 2.04 bits per heavy atom. The Balaban J connectivity index is 2.27. The molecule has 0 aliphatic rings. The standard InChI is InChI=1S/C21H18ClFO/c1-13-19(15-7-9-17(22)10-8-15)12-20(14(2)21(13)24-3)16-5-4-6-18(23)11-16/h4-12H,1-3H3. The molecule has 3 aromatic carbocycles. The van der Waals surface area contributed by atoms with Crippen LogP contribution in [0.25, 0.3) is 22.3 Å². The fraction of sp³-hybridized carbons (Fsp3) is 0.143. The van der Waals surface area contributed by atoms with Crippen molar-refractivity contribution in [1.82, 2.24) is 0 Å². The Morgan fingerprint density at radius 1 is 0.833 bits per heavy atom. The minimum Gasteiger partial charge on any atom is -0.496 e. The maximum Gasteiger partial charge on any atom is 0.125 e. The van der Waals surface area contributed by atoms with Gasteiger partial charge in [0.05, 0.1) is 7.11 Å². The molecular formula is C21H18ClFO. The van der Waals surface area contributed by atoms with Gasteiger partial charge in [-0.3, -0.25) is 0 Å². The van der Waals surface area contributed by atoms with E-state index >= 15 is 0 Å². The van der Waals surface area contributed by atoms with E-state index in [0.717, 1.165) is 39.1 Å². The predicted octanol–water partition coefficient (Wildman–Crippen LogP) is 6.44. The van der Waals surface area contributed by atoms with Crippen LogP contribution in [0.5, 0.6) is 5.75 Å². The lowest BCUT2D eigenvalue weighted by atomic mass is 9.90. The maximum absolute atomic E-state index is 13.7. The molecule has 0 fully saturated rings. The zero-order chi connectivity index (χ0) is 17.3. The molecule has 0 heterocycles. The van der Waals surface area contributed by atoms with Gasteiger partial charge in [-0.05, 0) is 77.6 Å². The molecule has 0 spiro atoms. The van der Waals surface area contributed by atoms with Crippen molar-refractivity contribution in [1.29, 1.82) is 0 Å². The SMILES string of the molecule is COc1c(C)c(-c2ccc(Cl)cc2)cc(-c2cccc(F)c2)c1C. The topological polar surface area (TPSA) is 9.23 Å². The average Bonchev–Trinajstić information content (AvgIpc) is 2.56. The summed E-state index contributed by atoms with van der Waals surface area (Å²) >= 11 is 6.00. The summed E-state index contributed by atoms with van der Waals surface area (Å²) in [5, 5.41) is 0.695. The molecule has 24 heavy (non-hydrogen) atoms. The number of hydrogen-bond donors (Lipinski definition) is 0. The Kier molecular flexibility index (Phi) is 4.59. The number of halogens is 2. The summed E-state index contributed by atoms with van der Waals surface area (Å²) in [6.07, 6.45) is 0. The van der Waals surface area contributed by atoms with Crippen molar-refractivity contribution in [3.8, 4) is 28.0 Å². The van der Waals surface area contributed by atoms with E-state index in [1.165, 1.54) is 6.07 Å². The lowest BCUT2D eigenvalue weighted by molar-refractivity contribution is 0.409. The van der Waals surface area contributed by atoms with Crippen LogP contribution in [-0.4, -0.2) is 7.11 Å². The van der Waals surface area contributed by atoms with Crippen LogP contribution in [0.3, 0.4) is 0 Å². The van der Waals surface area contributed by atoms with E-state index < -0.39 is 0 Å². The van der Waals surface area contributed by atoms with Crippen LogP contribution in [0.15, 0.2) is 54.6 Å². The van der Waals surface area contributed by atoms with Gasteiger partial charge in [0.15, 0.2) is 0 Å². The third-order valence-electron chi connectivity index (χ3n) is 4.27. The van der Waals surface area contributed by atoms with Crippen LogP contribution in [0.4, 0.5) is 4.39 Å². The van der Waals surface area contributed by atoms with Gasteiger partial charge in [-0.15, -0.1) is 0 Å². The first-order valence-electron chi connectivity index (χ1n) is 7.71. The molecule has 0 N–H and O–H groups in total. The molecule has 1 nitrogen and oxygen atoms in total. The lowest BCUT2D eigenvalue weighted by Crippen LogP contribution is -1.97. The van der Waals surface area contributed by atoms with E-state index in [1.54, 1.807) is 19.2 Å². The molecule has 0 unspecified atom stereocenters. The van der Waals surface area contributed by atoms with Gasteiger partial charge in [0.25, 0.3) is 0 Å². The van der Waals surface area contributed by atoms with Crippen molar-refractivity contribution in [2.75, 3.05) is 7.11 Å². The Hall–Kier alpha value is -2.32. The second-order valence-electron chi connectivity index (χ2n) is 5.77. The quantitative estimate of drug-likeness (QED) is 0.533. The van der Waals surface area contributed by atoms with Crippen molar-refractivity contribution in [3.05, 3.63) is 76.6 Å². The summed E-state index contributed by atoms with van der Waals surface area (Å²) in [5.74, 6) is 0.571. The van der Waals surface area contributed by atoms with Crippen molar-refractivity contribution >= 4 is 11.6 Å². The first-order valence-corrected chi connectivity index (χ1v) is 8.09. The molecule has 0 saturated carbocycles. The van der Waals surface area contributed by atoms with Crippen molar-refractivity contribution in [3.63, 3.8) is 0 Å². The number of methoxy groups -OCH3 is 1. The number of benzene rings is 3. The zero-order valence-electron chi connectivity index (χ0n) is 13.9. The molecular weight excluding hydrogens is 323 g/mol. The third-order valence-corrected chi connectivity index (χ3v) is 4.52. The summed E-state index contributed by atoms with van der Waals surface area (Å²) in [5.41, 5.74) is 5.94. The van der Waals surface area contributed by atoms with Gasteiger partial charge in [-0.25, -0.2) is 4.39 Å². The molecule has 3 heteroatoms. The molecule has 0 amide bonds. The number of rotatable bonds is 3. The molecule has 0 atom stereocenters. The second-order valence-corrected chi connectivity index (χ2v) is 6.21. The molecule has 0 radical (unpaired) electrons. The fourth-order valence-corrected chi connectivity index (χ4v) is 3.20. The smallest absolute Gasteiger partial charge is 0.125 e. The van der Waals surface area contributed by atoms with Crippen molar-refractivity contribution in [2.24, 2.45) is 0 Å². The van der Waals surface area contributed by atoms with Crippen LogP contribution >= 0.6 is 11.6 Å². The maximum atomic E-state index is 13.7. The van der Waals surface area contributed by atoms with Crippen LogP contribution in [0.1, 0.15) is 11.1 Å². The zero-order valence-corrected chi connectivity index (χ0v) is 14.6. The van der Waals surface area contributed by atoms with Crippen LogP contribution < -0.4 is 4.74 Å². The van der Waals surface area contributed by atoms with E-state index in [-0.39, 0.29) is 5.82 Å². The first kappa shape index (κ1) is 16.5. The predicted molar refractivity (Wildman–Crippen MR) is 98.3 cm³/mol. The lowest BCUT2D eigenvalue weighted by Gasteiger charge is -2.18. The third kappa shape index (κ3) is 3.02. The van der Waals surface area contributed by atoms with Crippen molar-refractivity contribution < 1.29 is 9.13 Å². The summed E-state index contributed by atoms with van der Waals surface area (Å²) < 4.78 is 19.3. The van der Waals surface area contributed by atoms with Crippen LogP contribution in [0.2, 0.25) is 5.02 Å². The van der Waals surface area contributed by atoms with E-state index in [9.17, 15) is 4.39 Å². The molecule has 0 aliphatic carbocycles. The molecule has 122 valence electrons. The van der Waals surface area contributed by atoms with Crippen LogP contribution in [-0.2, 0) is 0 Å². The summed E-state index contributed by atoms with van der Waals surface area (Å²) in [6, 6.07) is 16.4. The highest BCUT2D eigenvalue weighted by Gasteiger charge is 2.16. The van der Waals surface area contributed by atoms with Crippen molar-refractivity contribution in [2.45, 2.75) is 13.8 Å². The minimum atomic E-state index is -0.250. The highest BCUT2D eigenvalue weighted by atomic mass is 35.5. The molecule has 3 rings (SSSR count). The highest BCUT2D eigenvalue weighted by molar-refractivity contribution is 6.30. The molecule has 3 aromatic rings. The highest BCUT2D eigenvalue weighted by Crippen LogP contribution is 2.39. The molecule has 0 saturated heterocycles. The van der Waals surface area contributed by atoms with E-state index in [2.05, 4.69) is 6.07 Å². The number of ether oxygens (including phenoxy) is 1. The van der Waals surface area contributed by atoms with Gasteiger partial charge in [0.2, 0.25) is 0 Å². The minimum absolute atomic E-state index is 0.250. The fourth-order valence-electron chi connectivity index (χ4n) is 3.08.